The summed E-state index contributed by atoms with van der Waals surface area (Å²) in [5, 5.41) is 5.55. The third-order valence-corrected chi connectivity index (χ3v) is 5.28. The number of benzene rings is 1. The SMILES string of the molecule is COc1cc(NC(C)c2sccc2Br)ccc1Br. The lowest BCUT2D eigenvalue weighted by molar-refractivity contribution is 0.412. The molecule has 96 valence electrons. The second-order valence-electron chi connectivity index (χ2n) is 3.85. The molecule has 18 heavy (non-hydrogen) atoms. The van der Waals surface area contributed by atoms with Crippen LogP contribution >= 0.6 is 43.2 Å². The maximum absolute atomic E-state index is 5.29. The number of rotatable bonds is 4. The standard InChI is InChI=1S/C13H13Br2NOS/c1-8(13-11(15)5-6-18-13)16-9-3-4-10(14)12(7-9)17-2/h3-8,16H,1-2H3. The number of ether oxygens (including phenoxy) is 1. The van der Waals surface area contributed by atoms with Crippen molar-refractivity contribution < 1.29 is 4.74 Å². The Balaban J connectivity index is 2.17. The van der Waals surface area contributed by atoms with Crippen LogP contribution in [-0.2, 0) is 0 Å². The highest BCUT2D eigenvalue weighted by molar-refractivity contribution is 9.10. The Morgan fingerprint density at radius 2 is 2.00 bits per heavy atom. The molecule has 1 atom stereocenters. The molecule has 1 aromatic heterocycles. The molecule has 0 aliphatic heterocycles. The zero-order valence-electron chi connectivity index (χ0n) is 10.0. The molecule has 5 heteroatoms. The lowest BCUT2D eigenvalue weighted by atomic mass is 10.2. The highest BCUT2D eigenvalue weighted by atomic mass is 79.9. The molecule has 0 saturated carbocycles. The summed E-state index contributed by atoms with van der Waals surface area (Å²) in [6, 6.07) is 8.33. The van der Waals surface area contributed by atoms with Crippen molar-refractivity contribution in [2.24, 2.45) is 0 Å². The van der Waals surface area contributed by atoms with Crippen molar-refractivity contribution in [2.75, 3.05) is 12.4 Å². The van der Waals surface area contributed by atoms with Crippen LogP contribution in [0.1, 0.15) is 17.8 Å². The molecule has 0 aliphatic rings. The van der Waals surface area contributed by atoms with Gasteiger partial charge in [-0.15, -0.1) is 11.3 Å². The van der Waals surface area contributed by atoms with Crippen molar-refractivity contribution in [3.8, 4) is 5.75 Å². The van der Waals surface area contributed by atoms with Gasteiger partial charge in [-0.1, -0.05) is 0 Å². The molecule has 0 aliphatic carbocycles. The van der Waals surface area contributed by atoms with Gasteiger partial charge in [-0.3, -0.25) is 0 Å². The summed E-state index contributed by atoms with van der Waals surface area (Å²) < 4.78 is 7.40. The normalized spacial score (nSPS) is 12.2. The van der Waals surface area contributed by atoms with E-state index in [4.69, 9.17) is 4.74 Å². The monoisotopic (exact) mass is 389 g/mol. The average Bonchev–Trinajstić information content (AvgIpc) is 2.78. The average molecular weight is 391 g/mol. The van der Waals surface area contributed by atoms with Gasteiger partial charge in [0.05, 0.1) is 17.6 Å². The van der Waals surface area contributed by atoms with Crippen molar-refractivity contribution in [3.63, 3.8) is 0 Å². The molecule has 0 radical (unpaired) electrons. The molecule has 1 aromatic carbocycles. The molecule has 0 bridgehead atoms. The molecule has 1 heterocycles. The molecule has 2 nitrogen and oxygen atoms in total. The minimum atomic E-state index is 0.255. The Kier molecular flexibility index (Phi) is 4.70. The minimum absolute atomic E-state index is 0.255. The second-order valence-corrected chi connectivity index (χ2v) is 6.50. The van der Waals surface area contributed by atoms with Gasteiger partial charge >= 0.3 is 0 Å². The van der Waals surface area contributed by atoms with Crippen molar-refractivity contribution in [1.29, 1.82) is 0 Å². The molecular weight excluding hydrogens is 378 g/mol. The van der Waals surface area contributed by atoms with E-state index in [1.54, 1.807) is 18.4 Å². The number of methoxy groups -OCH3 is 1. The quantitative estimate of drug-likeness (QED) is 0.748. The smallest absolute Gasteiger partial charge is 0.135 e. The number of thiophene rings is 1. The second kappa shape index (κ2) is 6.08. The maximum atomic E-state index is 5.29. The molecule has 2 aromatic rings. The predicted octanol–water partition coefficient (Wildman–Crippen LogP) is 5.45. The van der Waals surface area contributed by atoms with E-state index >= 15 is 0 Å². The first-order valence-corrected chi connectivity index (χ1v) is 7.91. The summed E-state index contributed by atoms with van der Waals surface area (Å²) in [7, 11) is 1.67. The Labute approximate surface area is 128 Å². The van der Waals surface area contributed by atoms with Crippen molar-refractivity contribution in [1.82, 2.24) is 0 Å². The highest BCUT2D eigenvalue weighted by Gasteiger charge is 2.11. The van der Waals surface area contributed by atoms with Gasteiger partial charge in [-0.25, -0.2) is 0 Å². The molecule has 0 spiro atoms. The van der Waals surface area contributed by atoms with Crippen LogP contribution in [0.15, 0.2) is 38.6 Å². The Bertz CT molecular complexity index is 542. The van der Waals surface area contributed by atoms with Crippen LogP contribution in [0.2, 0.25) is 0 Å². The summed E-state index contributed by atoms with van der Waals surface area (Å²) in [5.41, 5.74) is 1.04. The van der Waals surface area contributed by atoms with Gasteiger partial charge in [-0.2, -0.15) is 0 Å². The van der Waals surface area contributed by atoms with E-state index in [0.29, 0.717) is 0 Å². The van der Waals surface area contributed by atoms with E-state index in [2.05, 4.69) is 55.5 Å². The summed E-state index contributed by atoms with van der Waals surface area (Å²) in [4.78, 5) is 1.29. The van der Waals surface area contributed by atoms with Crippen LogP contribution in [0.4, 0.5) is 5.69 Å². The van der Waals surface area contributed by atoms with Crippen LogP contribution in [0.5, 0.6) is 5.75 Å². The molecule has 1 N–H and O–H groups in total. The van der Waals surface area contributed by atoms with Gasteiger partial charge < -0.3 is 10.1 Å². The fourth-order valence-corrected chi connectivity index (χ4v) is 3.81. The first-order valence-electron chi connectivity index (χ1n) is 5.44. The number of halogens is 2. The van der Waals surface area contributed by atoms with Gasteiger partial charge in [0, 0.05) is 21.1 Å². The van der Waals surface area contributed by atoms with E-state index in [1.165, 1.54) is 4.88 Å². The van der Waals surface area contributed by atoms with Gasteiger partial charge in [0.1, 0.15) is 5.75 Å². The molecular formula is C13H13Br2NOS. The lowest BCUT2D eigenvalue weighted by Gasteiger charge is -2.15. The van der Waals surface area contributed by atoms with Crippen LogP contribution < -0.4 is 10.1 Å². The number of anilines is 1. The molecule has 0 saturated heterocycles. The van der Waals surface area contributed by atoms with Gasteiger partial charge in [0.25, 0.3) is 0 Å². The summed E-state index contributed by atoms with van der Waals surface area (Å²) >= 11 is 8.75. The van der Waals surface area contributed by atoms with Crippen molar-refractivity contribution >= 4 is 48.9 Å². The van der Waals surface area contributed by atoms with Crippen LogP contribution in [0.25, 0.3) is 0 Å². The van der Waals surface area contributed by atoms with Gasteiger partial charge in [-0.05, 0) is 62.4 Å². The number of nitrogens with one attached hydrogen (secondary N) is 1. The zero-order valence-corrected chi connectivity index (χ0v) is 14.0. The number of hydrogen-bond donors (Lipinski definition) is 1. The lowest BCUT2D eigenvalue weighted by Crippen LogP contribution is -2.05. The first-order chi connectivity index (χ1) is 8.61. The van der Waals surface area contributed by atoms with E-state index in [1.807, 2.05) is 18.2 Å². The Morgan fingerprint density at radius 1 is 1.22 bits per heavy atom. The predicted molar refractivity (Wildman–Crippen MR) is 84.8 cm³/mol. The summed E-state index contributed by atoms with van der Waals surface area (Å²) in [6.07, 6.45) is 0. The van der Waals surface area contributed by atoms with Crippen LogP contribution in [-0.4, -0.2) is 7.11 Å². The minimum Gasteiger partial charge on any atom is -0.495 e. The van der Waals surface area contributed by atoms with E-state index in [0.717, 1.165) is 20.4 Å². The van der Waals surface area contributed by atoms with Gasteiger partial charge in [0.15, 0.2) is 0 Å². The van der Waals surface area contributed by atoms with Crippen molar-refractivity contribution in [3.05, 3.63) is 43.5 Å². The zero-order chi connectivity index (χ0) is 13.1. The maximum Gasteiger partial charge on any atom is 0.135 e. The highest BCUT2D eigenvalue weighted by Crippen LogP contribution is 2.33. The van der Waals surface area contributed by atoms with Crippen LogP contribution in [0.3, 0.4) is 0 Å². The summed E-state index contributed by atoms with van der Waals surface area (Å²) in [5.74, 6) is 0.831. The van der Waals surface area contributed by atoms with E-state index < -0.39 is 0 Å². The van der Waals surface area contributed by atoms with E-state index in [9.17, 15) is 0 Å². The van der Waals surface area contributed by atoms with Crippen molar-refractivity contribution in [2.45, 2.75) is 13.0 Å². The number of hydrogen-bond acceptors (Lipinski definition) is 3. The molecule has 1 unspecified atom stereocenters. The molecule has 0 fully saturated rings. The fraction of sp³-hybridized carbons (Fsp3) is 0.231. The third-order valence-electron chi connectivity index (χ3n) is 2.57. The summed E-state index contributed by atoms with van der Waals surface area (Å²) in [6.45, 7) is 2.14. The molecule has 2 rings (SSSR count). The third kappa shape index (κ3) is 3.08. The Hall–Kier alpha value is -0.520. The fourth-order valence-electron chi connectivity index (χ4n) is 1.68. The van der Waals surface area contributed by atoms with E-state index in [-0.39, 0.29) is 6.04 Å². The largest absolute Gasteiger partial charge is 0.495 e. The first kappa shape index (κ1) is 13.9. The van der Waals surface area contributed by atoms with Crippen LogP contribution in [0, 0.1) is 0 Å². The topological polar surface area (TPSA) is 21.3 Å². The Morgan fingerprint density at radius 3 is 2.61 bits per heavy atom. The molecule has 0 amide bonds. The van der Waals surface area contributed by atoms with Gasteiger partial charge in [0.2, 0.25) is 0 Å².